The first-order chi connectivity index (χ1) is 18.3. The first-order valence-corrected chi connectivity index (χ1v) is 17.5. The highest BCUT2D eigenvalue weighted by Gasteiger charge is 2.24. The van der Waals surface area contributed by atoms with E-state index in [0.717, 1.165) is 0 Å². The third-order valence-corrected chi connectivity index (χ3v) is 8.57. The number of unbranched alkanes of at least 4 members (excludes halogenated alkanes) is 23. The SMILES string of the molecule is CCCCCCCCCCCCCCCCN1C=CN(CCCCCCCC)C1CCCCCCCC. The summed E-state index contributed by atoms with van der Waals surface area (Å²) in [6.07, 6.45) is 44.0. The molecular weight excluding hydrogens is 448 g/mol. The number of hydrogen-bond acceptors (Lipinski definition) is 2. The lowest BCUT2D eigenvalue weighted by Gasteiger charge is -2.33. The third kappa shape index (κ3) is 20.0. The highest BCUT2D eigenvalue weighted by Crippen LogP contribution is 2.24. The highest BCUT2D eigenvalue weighted by atomic mass is 15.4. The lowest BCUT2D eigenvalue weighted by Crippen LogP contribution is -2.39. The molecule has 2 nitrogen and oxygen atoms in total. The van der Waals surface area contributed by atoms with E-state index in [4.69, 9.17) is 0 Å². The lowest BCUT2D eigenvalue weighted by atomic mass is 10.0. The van der Waals surface area contributed by atoms with Gasteiger partial charge in [-0.05, 0) is 25.7 Å². The molecule has 1 unspecified atom stereocenters. The summed E-state index contributed by atoms with van der Waals surface area (Å²) >= 11 is 0. The Morgan fingerprint density at radius 2 is 0.622 bits per heavy atom. The second kappa shape index (κ2) is 26.9. The minimum absolute atomic E-state index is 0.642. The second-order valence-electron chi connectivity index (χ2n) is 12.2. The molecule has 0 fully saturated rings. The molecule has 0 saturated heterocycles. The van der Waals surface area contributed by atoms with Crippen molar-refractivity contribution in [3.8, 4) is 0 Å². The Morgan fingerprint density at radius 1 is 0.351 bits per heavy atom. The van der Waals surface area contributed by atoms with Crippen LogP contribution in [0.25, 0.3) is 0 Å². The molecule has 0 aromatic rings. The molecule has 37 heavy (non-hydrogen) atoms. The van der Waals surface area contributed by atoms with Gasteiger partial charge in [-0.25, -0.2) is 0 Å². The van der Waals surface area contributed by atoms with Crippen LogP contribution < -0.4 is 0 Å². The molecular formula is C35H70N2. The fourth-order valence-corrected chi connectivity index (χ4v) is 6.01. The van der Waals surface area contributed by atoms with Gasteiger partial charge in [-0.3, -0.25) is 0 Å². The Balaban J connectivity index is 2.15. The van der Waals surface area contributed by atoms with Gasteiger partial charge in [0.25, 0.3) is 0 Å². The Hall–Kier alpha value is -0.660. The monoisotopic (exact) mass is 519 g/mol. The van der Waals surface area contributed by atoms with Gasteiger partial charge in [-0.1, -0.05) is 168 Å². The van der Waals surface area contributed by atoms with Crippen LogP contribution in [-0.4, -0.2) is 29.1 Å². The molecule has 1 aliphatic rings. The van der Waals surface area contributed by atoms with E-state index < -0.39 is 0 Å². The summed E-state index contributed by atoms with van der Waals surface area (Å²) in [5, 5.41) is 0. The zero-order valence-corrected chi connectivity index (χ0v) is 26.1. The molecule has 220 valence electrons. The number of hydrogen-bond donors (Lipinski definition) is 0. The second-order valence-corrected chi connectivity index (χ2v) is 12.2. The van der Waals surface area contributed by atoms with Gasteiger partial charge in [0.05, 0.1) is 0 Å². The molecule has 0 radical (unpaired) electrons. The molecule has 1 aliphatic heterocycles. The van der Waals surface area contributed by atoms with Crippen LogP contribution in [0.2, 0.25) is 0 Å². The molecule has 0 aliphatic carbocycles. The van der Waals surface area contributed by atoms with E-state index in [1.165, 1.54) is 186 Å². The first-order valence-electron chi connectivity index (χ1n) is 17.5. The third-order valence-electron chi connectivity index (χ3n) is 8.57. The van der Waals surface area contributed by atoms with Crippen molar-refractivity contribution in [1.29, 1.82) is 0 Å². The largest absolute Gasteiger partial charge is 0.356 e. The molecule has 1 atom stereocenters. The number of nitrogens with zero attached hydrogens (tertiary/aromatic N) is 2. The van der Waals surface area contributed by atoms with Gasteiger partial charge in [0.1, 0.15) is 6.17 Å². The predicted molar refractivity (Wildman–Crippen MR) is 168 cm³/mol. The average Bonchev–Trinajstić information content (AvgIpc) is 3.29. The van der Waals surface area contributed by atoms with Crippen molar-refractivity contribution in [1.82, 2.24) is 9.80 Å². The zero-order valence-electron chi connectivity index (χ0n) is 26.1. The van der Waals surface area contributed by atoms with E-state index in [1.54, 1.807) is 0 Å². The van der Waals surface area contributed by atoms with E-state index in [2.05, 4.69) is 43.0 Å². The summed E-state index contributed by atoms with van der Waals surface area (Å²) in [5.74, 6) is 0. The van der Waals surface area contributed by atoms with E-state index in [1.807, 2.05) is 0 Å². The molecule has 0 aromatic carbocycles. The van der Waals surface area contributed by atoms with Gasteiger partial charge in [-0.2, -0.15) is 0 Å². The van der Waals surface area contributed by atoms with Crippen LogP contribution in [0.5, 0.6) is 0 Å². The summed E-state index contributed by atoms with van der Waals surface area (Å²) in [6, 6.07) is 0. The van der Waals surface area contributed by atoms with Crippen LogP contribution in [0.1, 0.15) is 194 Å². The molecule has 1 rings (SSSR count). The molecule has 0 N–H and O–H groups in total. The molecule has 1 heterocycles. The zero-order chi connectivity index (χ0) is 26.7. The van der Waals surface area contributed by atoms with Crippen molar-refractivity contribution in [2.45, 2.75) is 200 Å². The van der Waals surface area contributed by atoms with Crippen LogP contribution in [-0.2, 0) is 0 Å². The quantitative estimate of drug-likeness (QED) is 0.0908. The van der Waals surface area contributed by atoms with Crippen LogP contribution in [0.4, 0.5) is 0 Å². The summed E-state index contributed by atoms with van der Waals surface area (Å²) in [7, 11) is 0. The van der Waals surface area contributed by atoms with Crippen molar-refractivity contribution >= 4 is 0 Å². The Bertz CT molecular complexity index is 474. The van der Waals surface area contributed by atoms with Crippen LogP contribution in [0, 0.1) is 0 Å². The fraction of sp³-hybridized carbons (Fsp3) is 0.943. The summed E-state index contributed by atoms with van der Waals surface area (Å²) in [6.45, 7) is 9.47. The summed E-state index contributed by atoms with van der Waals surface area (Å²) in [5.41, 5.74) is 0. The Labute approximate surface area is 235 Å². The van der Waals surface area contributed by atoms with E-state index in [9.17, 15) is 0 Å². The normalized spacial score (nSPS) is 15.4. The number of rotatable bonds is 29. The van der Waals surface area contributed by atoms with E-state index in [-0.39, 0.29) is 0 Å². The van der Waals surface area contributed by atoms with Crippen molar-refractivity contribution in [3.05, 3.63) is 12.4 Å². The molecule has 0 spiro atoms. The van der Waals surface area contributed by atoms with Crippen molar-refractivity contribution in [3.63, 3.8) is 0 Å². The molecule has 2 heteroatoms. The van der Waals surface area contributed by atoms with Crippen LogP contribution in [0.3, 0.4) is 0 Å². The van der Waals surface area contributed by atoms with E-state index in [0.29, 0.717) is 6.17 Å². The predicted octanol–water partition coefficient (Wildman–Crippen LogP) is 12.0. The average molecular weight is 519 g/mol. The Morgan fingerprint density at radius 3 is 0.946 bits per heavy atom. The van der Waals surface area contributed by atoms with E-state index >= 15 is 0 Å². The Kier molecular flexibility index (Phi) is 25.0. The standard InChI is InChI=1S/C35H70N2/c1-4-7-10-13-16-17-18-19-20-21-22-23-26-29-32-37-34-33-36(31-28-25-15-12-9-6-3)35(37)30-27-24-14-11-8-5-2/h33-35H,4-32H2,1-3H3. The maximum absolute atomic E-state index is 2.70. The van der Waals surface area contributed by atoms with Gasteiger partial charge in [0, 0.05) is 25.5 Å². The topological polar surface area (TPSA) is 6.48 Å². The molecule has 0 amide bonds. The highest BCUT2D eigenvalue weighted by molar-refractivity contribution is 4.97. The molecule has 0 aromatic heterocycles. The smallest absolute Gasteiger partial charge is 0.101 e. The summed E-state index contributed by atoms with van der Waals surface area (Å²) in [4.78, 5) is 5.39. The van der Waals surface area contributed by atoms with Crippen LogP contribution in [0.15, 0.2) is 12.4 Å². The van der Waals surface area contributed by atoms with Gasteiger partial charge in [0.15, 0.2) is 0 Å². The van der Waals surface area contributed by atoms with Crippen LogP contribution >= 0.6 is 0 Å². The molecule has 0 bridgehead atoms. The van der Waals surface area contributed by atoms with Crippen molar-refractivity contribution < 1.29 is 0 Å². The maximum Gasteiger partial charge on any atom is 0.101 e. The van der Waals surface area contributed by atoms with Gasteiger partial charge < -0.3 is 9.80 Å². The minimum Gasteiger partial charge on any atom is -0.356 e. The maximum atomic E-state index is 2.70. The van der Waals surface area contributed by atoms with Crippen molar-refractivity contribution in [2.24, 2.45) is 0 Å². The first kappa shape index (κ1) is 34.4. The van der Waals surface area contributed by atoms with Gasteiger partial charge >= 0.3 is 0 Å². The molecule has 0 saturated carbocycles. The lowest BCUT2D eigenvalue weighted by molar-refractivity contribution is 0.135. The van der Waals surface area contributed by atoms with Gasteiger partial charge in [-0.15, -0.1) is 0 Å². The fourth-order valence-electron chi connectivity index (χ4n) is 6.01. The summed E-state index contributed by atoms with van der Waals surface area (Å²) < 4.78 is 0. The minimum atomic E-state index is 0.642. The van der Waals surface area contributed by atoms with Crippen molar-refractivity contribution in [2.75, 3.05) is 13.1 Å². The van der Waals surface area contributed by atoms with Gasteiger partial charge in [0.2, 0.25) is 0 Å².